The van der Waals surface area contributed by atoms with Gasteiger partial charge in [-0.25, -0.2) is 9.48 Å². The van der Waals surface area contributed by atoms with Crippen LogP contribution in [-0.4, -0.2) is 20.7 Å². The van der Waals surface area contributed by atoms with Gasteiger partial charge in [-0.1, -0.05) is 19.1 Å². The molecule has 0 unspecified atom stereocenters. The summed E-state index contributed by atoms with van der Waals surface area (Å²) in [5.74, 6) is -0.514. The number of aryl methyl sites for hydroxylation is 1. The van der Waals surface area contributed by atoms with Gasteiger partial charge in [0.1, 0.15) is 6.61 Å². The van der Waals surface area contributed by atoms with Crippen molar-refractivity contribution in [3.8, 4) is 5.69 Å². The molecule has 1 aromatic carbocycles. The van der Waals surface area contributed by atoms with E-state index >= 15 is 0 Å². The maximum absolute atomic E-state index is 12.2. The van der Waals surface area contributed by atoms with Gasteiger partial charge < -0.3 is 9.72 Å². The van der Waals surface area contributed by atoms with Crippen LogP contribution in [0.1, 0.15) is 28.5 Å². The smallest absolute Gasteiger partial charge is 0.338 e. The van der Waals surface area contributed by atoms with E-state index in [1.165, 1.54) is 6.07 Å². The van der Waals surface area contributed by atoms with E-state index < -0.39 is 5.97 Å². The monoisotopic (exact) mass is 323 g/mol. The minimum absolute atomic E-state index is 0.127. The number of rotatable bonds is 5. The minimum Gasteiger partial charge on any atom is -0.457 e. The SMILES string of the molecule is CCc1cc(C(=O)OCc2cccc(-n3cccn3)c2)cc(=O)[nH]1. The standard InChI is InChI=1S/C18H17N3O3/c1-2-15-10-14(11-17(22)20-15)18(23)24-12-13-5-3-6-16(9-13)21-8-4-7-19-21/h3-11H,2,12H2,1H3,(H,20,22). The molecule has 0 amide bonds. The Balaban J connectivity index is 1.72. The number of ether oxygens (including phenoxy) is 1. The molecule has 0 aliphatic heterocycles. The van der Waals surface area contributed by atoms with Gasteiger partial charge in [-0.15, -0.1) is 0 Å². The summed E-state index contributed by atoms with van der Waals surface area (Å²) in [7, 11) is 0. The lowest BCUT2D eigenvalue weighted by molar-refractivity contribution is 0.0472. The van der Waals surface area contributed by atoms with Crippen LogP contribution in [0.15, 0.2) is 59.7 Å². The Labute approximate surface area is 138 Å². The molecule has 0 spiro atoms. The van der Waals surface area contributed by atoms with E-state index in [-0.39, 0.29) is 17.7 Å². The molecule has 0 saturated heterocycles. The van der Waals surface area contributed by atoms with Gasteiger partial charge in [-0.2, -0.15) is 5.10 Å². The van der Waals surface area contributed by atoms with E-state index in [1.807, 2.05) is 43.5 Å². The summed E-state index contributed by atoms with van der Waals surface area (Å²) in [5, 5.41) is 4.17. The van der Waals surface area contributed by atoms with Crippen LogP contribution in [0.3, 0.4) is 0 Å². The molecule has 0 aliphatic rings. The summed E-state index contributed by atoms with van der Waals surface area (Å²) in [5.41, 5.74) is 2.39. The zero-order chi connectivity index (χ0) is 16.9. The van der Waals surface area contributed by atoms with Crippen LogP contribution in [0.2, 0.25) is 0 Å². The second-order valence-electron chi connectivity index (χ2n) is 5.31. The van der Waals surface area contributed by atoms with E-state index in [1.54, 1.807) is 16.9 Å². The Morgan fingerprint density at radius 2 is 2.12 bits per heavy atom. The topological polar surface area (TPSA) is 77.0 Å². The molecule has 0 aliphatic carbocycles. The van der Waals surface area contributed by atoms with Crippen LogP contribution in [0.25, 0.3) is 5.69 Å². The van der Waals surface area contributed by atoms with Gasteiger partial charge in [-0.3, -0.25) is 4.79 Å². The number of nitrogens with zero attached hydrogens (tertiary/aromatic N) is 2. The minimum atomic E-state index is -0.514. The van der Waals surface area contributed by atoms with Crippen molar-refractivity contribution in [1.29, 1.82) is 0 Å². The summed E-state index contributed by atoms with van der Waals surface area (Å²) in [6, 6.07) is 12.3. The van der Waals surface area contributed by atoms with Gasteiger partial charge >= 0.3 is 5.97 Å². The number of carbonyl (C=O) groups is 1. The molecule has 3 aromatic rings. The molecule has 0 atom stereocenters. The van der Waals surface area contributed by atoms with Gasteiger partial charge in [0.15, 0.2) is 0 Å². The van der Waals surface area contributed by atoms with E-state index in [0.29, 0.717) is 12.1 Å². The van der Waals surface area contributed by atoms with Crippen LogP contribution in [-0.2, 0) is 17.8 Å². The zero-order valence-corrected chi connectivity index (χ0v) is 13.2. The molecule has 0 saturated carbocycles. The first-order valence-electron chi connectivity index (χ1n) is 7.65. The zero-order valence-electron chi connectivity index (χ0n) is 13.2. The number of nitrogens with one attached hydrogen (secondary N) is 1. The number of esters is 1. The number of carbonyl (C=O) groups excluding carboxylic acids is 1. The van der Waals surface area contributed by atoms with Crippen molar-refractivity contribution >= 4 is 5.97 Å². The summed E-state index contributed by atoms with van der Waals surface area (Å²) < 4.78 is 7.05. The maximum atomic E-state index is 12.2. The second kappa shape index (κ2) is 6.95. The fourth-order valence-corrected chi connectivity index (χ4v) is 2.35. The normalized spacial score (nSPS) is 10.5. The lowest BCUT2D eigenvalue weighted by Gasteiger charge is -2.08. The van der Waals surface area contributed by atoms with Crippen molar-refractivity contribution in [1.82, 2.24) is 14.8 Å². The van der Waals surface area contributed by atoms with Crippen LogP contribution < -0.4 is 5.56 Å². The van der Waals surface area contributed by atoms with Gasteiger partial charge in [0.05, 0.1) is 11.3 Å². The van der Waals surface area contributed by atoms with Crippen molar-refractivity contribution in [2.24, 2.45) is 0 Å². The summed E-state index contributed by atoms with van der Waals surface area (Å²) in [6.07, 6.45) is 4.18. The third-order valence-electron chi connectivity index (χ3n) is 3.57. The molecule has 6 nitrogen and oxygen atoms in total. The first-order chi connectivity index (χ1) is 11.7. The van der Waals surface area contributed by atoms with Crippen molar-refractivity contribution in [3.05, 3.63) is 82.0 Å². The molecule has 2 aromatic heterocycles. The Morgan fingerprint density at radius 1 is 1.25 bits per heavy atom. The molecule has 122 valence electrons. The molecule has 6 heteroatoms. The van der Waals surface area contributed by atoms with Gasteiger partial charge in [0.2, 0.25) is 5.56 Å². The molecule has 1 N–H and O–H groups in total. The van der Waals surface area contributed by atoms with Crippen LogP contribution in [0.4, 0.5) is 0 Å². The largest absolute Gasteiger partial charge is 0.457 e. The highest BCUT2D eigenvalue weighted by molar-refractivity contribution is 5.89. The highest BCUT2D eigenvalue weighted by Crippen LogP contribution is 2.12. The van der Waals surface area contributed by atoms with Gasteiger partial charge in [0.25, 0.3) is 0 Å². The van der Waals surface area contributed by atoms with Gasteiger partial charge in [-0.05, 0) is 36.2 Å². The first-order valence-corrected chi connectivity index (χ1v) is 7.65. The predicted octanol–water partition coefficient (Wildman–Crippen LogP) is 2.48. The van der Waals surface area contributed by atoms with E-state index in [0.717, 1.165) is 11.3 Å². The number of hydrogen-bond acceptors (Lipinski definition) is 4. The van der Waals surface area contributed by atoms with Crippen molar-refractivity contribution in [2.45, 2.75) is 20.0 Å². The summed E-state index contributed by atoms with van der Waals surface area (Å²) in [4.78, 5) is 26.4. The third-order valence-corrected chi connectivity index (χ3v) is 3.57. The average Bonchev–Trinajstić information content (AvgIpc) is 3.14. The molecule has 0 radical (unpaired) electrons. The van der Waals surface area contributed by atoms with Crippen molar-refractivity contribution < 1.29 is 9.53 Å². The molecule has 2 heterocycles. The highest BCUT2D eigenvalue weighted by Gasteiger charge is 2.10. The molecule has 0 bridgehead atoms. The van der Waals surface area contributed by atoms with E-state index in [9.17, 15) is 9.59 Å². The van der Waals surface area contributed by atoms with Crippen LogP contribution in [0.5, 0.6) is 0 Å². The Hall–Kier alpha value is -3.15. The van der Waals surface area contributed by atoms with Crippen molar-refractivity contribution in [2.75, 3.05) is 0 Å². The Kier molecular flexibility index (Phi) is 4.56. The number of aromatic nitrogens is 3. The Morgan fingerprint density at radius 3 is 2.88 bits per heavy atom. The number of H-pyrrole nitrogens is 1. The summed E-state index contributed by atoms with van der Waals surface area (Å²) in [6.45, 7) is 2.03. The second-order valence-corrected chi connectivity index (χ2v) is 5.31. The molecule has 3 rings (SSSR count). The fraction of sp³-hybridized carbons (Fsp3) is 0.167. The average molecular weight is 323 g/mol. The van der Waals surface area contributed by atoms with E-state index in [2.05, 4.69) is 10.1 Å². The van der Waals surface area contributed by atoms with Crippen LogP contribution in [0, 0.1) is 0 Å². The molecule has 24 heavy (non-hydrogen) atoms. The van der Waals surface area contributed by atoms with Gasteiger partial charge in [0, 0.05) is 24.2 Å². The number of benzene rings is 1. The number of pyridine rings is 1. The molecular weight excluding hydrogens is 306 g/mol. The lowest BCUT2D eigenvalue weighted by Crippen LogP contribution is -2.14. The lowest BCUT2D eigenvalue weighted by atomic mass is 10.2. The quantitative estimate of drug-likeness (QED) is 0.732. The fourth-order valence-electron chi connectivity index (χ4n) is 2.35. The third kappa shape index (κ3) is 3.60. The molecule has 0 fully saturated rings. The predicted molar refractivity (Wildman–Crippen MR) is 89.1 cm³/mol. The van der Waals surface area contributed by atoms with Crippen molar-refractivity contribution in [3.63, 3.8) is 0 Å². The van der Waals surface area contributed by atoms with E-state index in [4.69, 9.17) is 4.74 Å². The summed E-state index contributed by atoms with van der Waals surface area (Å²) >= 11 is 0. The number of aromatic amines is 1. The Bertz CT molecular complexity index is 898. The first kappa shape index (κ1) is 15.7. The highest BCUT2D eigenvalue weighted by atomic mass is 16.5. The maximum Gasteiger partial charge on any atom is 0.338 e. The number of hydrogen-bond donors (Lipinski definition) is 1. The molecular formula is C18H17N3O3. The van der Waals surface area contributed by atoms with Crippen LogP contribution >= 0.6 is 0 Å².